The van der Waals surface area contributed by atoms with Crippen LogP contribution in [0.25, 0.3) is 16.9 Å². The molecule has 1 aliphatic carbocycles. The first-order valence-electron chi connectivity index (χ1n) is 11.7. The lowest BCUT2D eigenvalue weighted by molar-refractivity contribution is 0.199. The summed E-state index contributed by atoms with van der Waals surface area (Å²) in [6.07, 6.45) is 3.61. The minimum absolute atomic E-state index is 0.221. The predicted octanol–water partition coefficient (Wildman–Crippen LogP) is 3.26. The summed E-state index contributed by atoms with van der Waals surface area (Å²) in [5.74, 6) is 2.34. The van der Waals surface area contributed by atoms with Gasteiger partial charge in [0, 0.05) is 36.4 Å². The zero-order chi connectivity index (χ0) is 23.3. The largest absolute Gasteiger partial charge is 0.389 e. The van der Waals surface area contributed by atoms with E-state index in [1.165, 1.54) is 12.8 Å². The molecule has 34 heavy (non-hydrogen) atoms. The Balaban J connectivity index is 1.33. The summed E-state index contributed by atoms with van der Waals surface area (Å²) in [4.78, 5) is 12.0. The monoisotopic (exact) mass is 456 g/mol. The molecule has 1 aliphatic heterocycles. The molecule has 9 nitrogen and oxygen atoms in total. The number of aliphatic hydroxyl groups excluding tert-OH is 1. The fraction of sp³-hybridized carbons (Fsp3) is 0.360. The Morgan fingerprint density at radius 2 is 2.00 bits per heavy atom. The van der Waals surface area contributed by atoms with Crippen molar-refractivity contribution in [1.29, 1.82) is 0 Å². The molecule has 1 saturated heterocycles. The number of anilines is 3. The summed E-state index contributed by atoms with van der Waals surface area (Å²) in [7, 11) is 0. The number of pyridine rings is 1. The lowest BCUT2D eigenvalue weighted by atomic mass is 10.1. The van der Waals surface area contributed by atoms with Crippen molar-refractivity contribution >= 4 is 28.4 Å². The van der Waals surface area contributed by atoms with Gasteiger partial charge in [0.2, 0.25) is 0 Å². The zero-order valence-electron chi connectivity index (χ0n) is 19.4. The molecular formula is C25H28N8O. The molecule has 1 atom stereocenters. The van der Waals surface area contributed by atoms with Crippen LogP contribution in [0.4, 0.5) is 17.3 Å². The number of aromatic nitrogens is 5. The van der Waals surface area contributed by atoms with E-state index in [1.54, 1.807) is 13.3 Å². The van der Waals surface area contributed by atoms with Crippen LogP contribution in [0.5, 0.6) is 0 Å². The van der Waals surface area contributed by atoms with Crippen LogP contribution in [0.3, 0.4) is 0 Å². The maximum atomic E-state index is 10.4. The van der Waals surface area contributed by atoms with Crippen LogP contribution in [-0.4, -0.2) is 55.0 Å². The number of benzene rings is 1. The Morgan fingerprint density at radius 3 is 2.76 bits per heavy atom. The number of aryl methyl sites for hydroxylation is 1. The van der Waals surface area contributed by atoms with Crippen LogP contribution in [0.2, 0.25) is 0 Å². The number of hydrogen-bond donors (Lipinski definition) is 3. The maximum Gasteiger partial charge on any atom is 0.153 e. The minimum atomic E-state index is -0.584. The molecular weight excluding hydrogens is 428 g/mol. The van der Waals surface area contributed by atoms with Crippen LogP contribution < -0.4 is 15.5 Å². The number of rotatable bonds is 5. The first kappa shape index (κ1) is 21.0. The smallest absolute Gasteiger partial charge is 0.153 e. The van der Waals surface area contributed by atoms with Crippen molar-refractivity contribution in [3.8, 4) is 5.82 Å². The Kier molecular flexibility index (Phi) is 4.96. The number of aliphatic hydroxyl groups is 1. The van der Waals surface area contributed by atoms with E-state index in [2.05, 4.69) is 30.7 Å². The van der Waals surface area contributed by atoms with E-state index in [4.69, 9.17) is 4.98 Å². The minimum Gasteiger partial charge on any atom is -0.389 e. The quantitative estimate of drug-likeness (QED) is 0.420. The highest BCUT2D eigenvalue weighted by atomic mass is 16.3. The molecule has 0 bridgehead atoms. The average molecular weight is 457 g/mol. The van der Waals surface area contributed by atoms with E-state index in [9.17, 15) is 5.11 Å². The molecule has 1 aromatic carbocycles. The summed E-state index contributed by atoms with van der Waals surface area (Å²) in [5, 5.41) is 25.6. The molecule has 3 N–H and O–H groups in total. The van der Waals surface area contributed by atoms with Crippen LogP contribution in [0, 0.1) is 6.92 Å². The fourth-order valence-electron chi connectivity index (χ4n) is 4.67. The van der Waals surface area contributed by atoms with Crippen LogP contribution in [0.1, 0.15) is 37.1 Å². The standard InChI is InChI=1S/C25H28N8O/c1-16-3-7-22(31-30-16)28-18-4-6-21-20(13-18)26-15-33(21)23-8-5-19(17(2)34)24(29-23)32-12-11-27-25(14-32)9-10-25/h3-8,13,15,17,27,34H,9-12,14H2,1-2H3,(H,28,31). The number of nitrogens with one attached hydrogen (secondary N) is 2. The van der Waals surface area contributed by atoms with Gasteiger partial charge in [-0.05, 0) is 69.2 Å². The summed E-state index contributed by atoms with van der Waals surface area (Å²) < 4.78 is 2.00. The van der Waals surface area contributed by atoms with Crippen molar-refractivity contribution in [3.05, 3.63) is 60.0 Å². The third-order valence-electron chi connectivity index (χ3n) is 6.73. The van der Waals surface area contributed by atoms with E-state index in [0.717, 1.165) is 59.2 Å². The third-order valence-corrected chi connectivity index (χ3v) is 6.73. The van der Waals surface area contributed by atoms with Gasteiger partial charge in [0.05, 0.1) is 22.8 Å². The van der Waals surface area contributed by atoms with Crippen molar-refractivity contribution in [3.63, 3.8) is 0 Å². The Bertz CT molecular complexity index is 1340. The van der Waals surface area contributed by atoms with Gasteiger partial charge in [0.25, 0.3) is 0 Å². The van der Waals surface area contributed by atoms with E-state index in [1.807, 2.05) is 54.0 Å². The molecule has 1 saturated carbocycles. The molecule has 2 aliphatic rings. The molecule has 9 heteroatoms. The molecule has 1 unspecified atom stereocenters. The second-order valence-electron chi connectivity index (χ2n) is 9.39. The highest BCUT2D eigenvalue weighted by Gasteiger charge is 2.46. The van der Waals surface area contributed by atoms with E-state index in [0.29, 0.717) is 5.82 Å². The first-order valence-corrected chi connectivity index (χ1v) is 11.7. The van der Waals surface area contributed by atoms with Gasteiger partial charge < -0.3 is 20.6 Å². The Labute approximate surface area is 197 Å². The number of piperazine rings is 1. The highest BCUT2D eigenvalue weighted by Crippen LogP contribution is 2.39. The Morgan fingerprint density at radius 1 is 1.12 bits per heavy atom. The molecule has 2 fully saturated rings. The van der Waals surface area contributed by atoms with Crippen molar-refractivity contribution < 1.29 is 5.11 Å². The topological polar surface area (TPSA) is 104 Å². The van der Waals surface area contributed by atoms with Crippen molar-refractivity contribution in [2.75, 3.05) is 29.9 Å². The maximum absolute atomic E-state index is 10.4. The molecule has 0 amide bonds. The van der Waals surface area contributed by atoms with Gasteiger partial charge in [-0.25, -0.2) is 9.97 Å². The normalized spacial score (nSPS) is 17.8. The molecule has 0 radical (unpaired) electrons. The van der Waals surface area contributed by atoms with Gasteiger partial charge in [-0.1, -0.05) is 0 Å². The van der Waals surface area contributed by atoms with Crippen molar-refractivity contribution in [2.24, 2.45) is 0 Å². The Hall–Kier alpha value is -3.56. The van der Waals surface area contributed by atoms with Gasteiger partial charge in [-0.3, -0.25) is 4.57 Å². The molecule has 4 aromatic rings. The van der Waals surface area contributed by atoms with Crippen LogP contribution in [0.15, 0.2) is 48.8 Å². The number of hydrogen-bond acceptors (Lipinski definition) is 8. The number of imidazole rings is 1. The molecule has 1 spiro atoms. The SMILES string of the molecule is Cc1ccc(Nc2ccc3c(c2)ncn3-c2ccc(C(C)O)c(N3CCNC4(CC4)C3)n2)nn1. The summed E-state index contributed by atoms with van der Waals surface area (Å²) in [6, 6.07) is 13.8. The molecule has 6 rings (SSSR count). The zero-order valence-corrected chi connectivity index (χ0v) is 19.4. The highest BCUT2D eigenvalue weighted by molar-refractivity contribution is 5.82. The van der Waals surface area contributed by atoms with E-state index >= 15 is 0 Å². The van der Waals surface area contributed by atoms with Crippen molar-refractivity contribution in [1.82, 2.24) is 30.0 Å². The van der Waals surface area contributed by atoms with Crippen LogP contribution >= 0.6 is 0 Å². The van der Waals surface area contributed by atoms with Crippen molar-refractivity contribution in [2.45, 2.75) is 38.3 Å². The molecule has 4 heterocycles. The average Bonchev–Trinajstić information content (AvgIpc) is 3.44. The fourth-order valence-corrected chi connectivity index (χ4v) is 4.67. The summed E-state index contributed by atoms with van der Waals surface area (Å²) in [5.41, 5.74) is 4.66. The lowest BCUT2D eigenvalue weighted by Gasteiger charge is -2.36. The molecule has 3 aromatic heterocycles. The number of nitrogens with zero attached hydrogens (tertiary/aromatic N) is 6. The third kappa shape index (κ3) is 3.86. The lowest BCUT2D eigenvalue weighted by Crippen LogP contribution is -2.53. The number of fused-ring (bicyclic) bond motifs is 1. The van der Waals surface area contributed by atoms with Gasteiger partial charge in [0.1, 0.15) is 18.0 Å². The van der Waals surface area contributed by atoms with E-state index in [-0.39, 0.29) is 5.54 Å². The van der Waals surface area contributed by atoms with E-state index < -0.39 is 6.10 Å². The van der Waals surface area contributed by atoms with Gasteiger partial charge in [0.15, 0.2) is 5.82 Å². The first-order chi connectivity index (χ1) is 16.5. The second-order valence-corrected chi connectivity index (χ2v) is 9.39. The second kappa shape index (κ2) is 8.03. The van der Waals surface area contributed by atoms with Gasteiger partial charge >= 0.3 is 0 Å². The van der Waals surface area contributed by atoms with Gasteiger partial charge in [-0.15, -0.1) is 5.10 Å². The van der Waals surface area contributed by atoms with Gasteiger partial charge in [-0.2, -0.15) is 5.10 Å². The summed E-state index contributed by atoms with van der Waals surface area (Å²) >= 11 is 0. The summed E-state index contributed by atoms with van der Waals surface area (Å²) in [6.45, 7) is 6.44. The molecule has 174 valence electrons. The predicted molar refractivity (Wildman–Crippen MR) is 132 cm³/mol. The van der Waals surface area contributed by atoms with Crippen LogP contribution in [-0.2, 0) is 0 Å².